The zero-order valence-electron chi connectivity index (χ0n) is 16.9. The van der Waals surface area contributed by atoms with Crippen LogP contribution in [0.15, 0.2) is 36.5 Å². The van der Waals surface area contributed by atoms with E-state index in [4.69, 9.17) is 19.6 Å². The highest BCUT2D eigenvalue weighted by Crippen LogP contribution is 2.22. The van der Waals surface area contributed by atoms with Crippen molar-refractivity contribution in [2.45, 2.75) is 38.0 Å². The van der Waals surface area contributed by atoms with Gasteiger partial charge in [-0.1, -0.05) is 30.3 Å². The maximum atomic E-state index is 10.6. The van der Waals surface area contributed by atoms with Crippen molar-refractivity contribution in [3.63, 3.8) is 0 Å². The van der Waals surface area contributed by atoms with Gasteiger partial charge in [0.2, 0.25) is 5.95 Å². The summed E-state index contributed by atoms with van der Waals surface area (Å²) < 4.78 is 37.1. The summed E-state index contributed by atoms with van der Waals surface area (Å²) in [5, 5.41) is 10.8. The molecule has 2 aliphatic rings. The highest BCUT2D eigenvalue weighted by atomic mass is 19.4. The molecule has 0 spiro atoms. The molecule has 168 valence electrons. The molecule has 1 atom stereocenters. The number of nitrogens with zero attached hydrogens (tertiary/aromatic N) is 3. The van der Waals surface area contributed by atoms with Gasteiger partial charge in [0, 0.05) is 37.6 Å². The summed E-state index contributed by atoms with van der Waals surface area (Å²) in [6, 6.07) is 11.1. The van der Waals surface area contributed by atoms with Gasteiger partial charge < -0.3 is 20.1 Å². The van der Waals surface area contributed by atoms with Crippen LogP contribution >= 0.6 is 0 Å². The number of carbonyl (C=O) groups is 1. The Labute approximate surface area is 178 Å². The molecule has 1 unspecified atom stereocenters. The zero-order valence-corrected chi connectivity index (χ0v) is 16.9. The van der Waals surface area contributed by atoms with E-state index in [1.807, 2.05) is 6.20 Å². The predicted molar refractivity (Wildman–Crippen MR) is 108 cm³/mol. The van der Waals surface area contributed by atoms with Crippen LogP contribution < -0.4 is 10.2 Å². The fraction of sp³-hybridized carbons (Fsp3) is 0.476. The lowest BCUT2D eigenvalue weighted by Crippen LogP contribution is -2.38. The Morgan fingerprint density at radius 2 is 1.90 bits per heavy atom. The van der Waals surface area contributed by atoms with Crippen LogP contribution in [0, 0.1) is 0 Å². The van der Waals surface area contributed by atoms with E-state index in [1.165, 1.54) is 16.8 Å². The molecule has 0 radical (unpaired) electrons. The lowest BCUT2D eigenvalue weighted by molar-refractivity contribution is -0.192. The highest BCUT2D eigenvalue weighted by Gasteiger charge is 2.38. The first-order valence-corrected chi connectivity index (χ1v) is 10.1. The number of fused-ring (bicyclic) bond motifs is 1. The van der Waals surface area contributed by atoms with E-state index in [0.717, 1.165) is 58.1 Å². The van der Waals surface area contributed by atoms with Crippen molar-refractivity contribution in [2.75, 3.05) is 31.2 Å². The number of carboxylic acids is 1. The van der Waals surface area contributed by atoms with Crippen molar-refractivity contribution in [1.29, 1.82) is 0 Å². The number of rotatable bonds is 4. The molecule has 0 saturated carbocycles. The number of morpholine rings is 1. The third-order valence-electron chi connectivity index (χ3n) is 5.11. The number of hydrogen-bond acceptors (Lipinski definition) is 6. The molecule has 2 heterocycles. The van der Waals surface area contributed by atoms with Crippen LogP contribution in [0.5, 0.6) is 0 Å². The first kappa shape index (κ1) is 23.0. The third kappa shape index (κ3) is 6.90. The highest BCUT2D eigenvalue weighted by molar-refractivity contribution is 5.73. The van der Waals surface area contributed by atoms with Gasteiger partial charge in [-0.05, 0) is 30.4 Å². The Kier molecular flexibility index (Phi) is 7.80. The van der Waals surface area contributed by atoms with E-state index < -0.39 is 12.1 Å². The van der Waals surface area contributed by atoms with Gasteiger partial charge in [0.05, 0.1) is 13.2 Å². The molecule has 1 aliphatic carbocycles. The quantitative estimate of drug-likeness (QED) is 0.759. The summed E-state index contributed by atoms with van der Waals surface area (Å²) in [7, 11) is 0. The van der Waals surface area contributed by atoms with Crippen molar-refractivity contribution in [3.05, 3.63) is 53.3 Å². The molecule has 0 bridgehead atoms. The fourth-order valence-electron chi connectivity index (χ4n) is 3.44. The van der Waals surface area contributed by atoms with E-state index in [0.29, 0.717) is 6.04 Å². The van der Waals surface area contributed by atoms with Crippen molar-refractivity contribution in [1.82, 2.24) is 15.3 Å². The van der Waals surface area contributed by atoms with Gasteiger partial charge in [-0.25, -0.2) is 14.8 Å². The number of halogens is 3. The molecule has 1 fully saturated rings. The number of aliphatic carboxylic acids is 1. The van der Waals surface area contributed by atoms with Gasteiger partial charge in [-0.15, -0.1) is 0 Å². The first-order chi connectivity index (χ1) is 14.8. The topological polar surface area (TPSA) is 87.6 Å². The minimum atomic E-state index is -5.08. The van der Waals surface area contributed by atoms with Crippen molar-refractivity contribution >= 4 is 11.9 Å². The zero-order chi connectivity index (χ0) is 22.3. The van der Waals surface area contributed by atoms with Crippen LogP contribution in [0.25, 0.3) is 0 Å². The second kappa shape index (κ2) is 10.5. The van der Waals surface area contributed by atoms with Crippen LogP contribution in [0.3, 0.4) is 0 Å². The number of aromatic nitrogens is 2. The van der Waals surface area contributed by atoms with Crippen LogP contribution in [0.2, 0.25) is 0 Å². The molecule has 10 heteroatoms. The Balaban J connectivity index is 0.000000339. The number of benzene rings is 1. The van der Waals surface area contributed by atoms with Crippen LogP contribution in [-0.4, -0.2) is 59.6 Å². The molecule has 4 rings (SSSR count). The SMILES string of the molecule is O=C(O)C(F)(F)F.c1ccc(CNC2CCc3nc(N4CCOCC4)ncc3C2)cc1. The van der Waals surface area contributed by atoms with Gasteiger partial charge in [0.15, 0.2) is 0 Å². The second-order valence-electron chi connectivity index (χ2n) is 7.35. The van der Waals surface area contributed by atoms with Crippen molar-refractivity contribution in [3.8, 4) is 0 Å². The molecule has 7 nitrogen and oxygen atoms in total. The van der Waals surface area contributed by atoms with Gasteiger partial charge in [-0.2, -0.15) is 13.2 Å². The Morgan fingerprint density at radius 3 is 2.55 bits per heavy atom. The van der Waals surface area contributed by atoms with Gasteiger partial charge in [0.1, 0.15) is 0 Å². The molecule has 1 saturated heterocycles. The molecule has 31 heavy (non-hydrogen) atoms. The van der Waals surface area contributed by atoms with Gasteiger partial charge in [0.25, 0.3) is 0 Å². The summed E-state index contributed by atoms with van der Waals surface area (Å²) in [6.07, 6.45) is 0.135. The first-order valence-electron chi connectivity index (χ1n) is 10.1. The molecule has 1 aromatic carbocycles. The number of alkyl halides is 3. The van der Waals surface area contributed by atoms with E-state index in [9.17, 15) is 13.2 Å². The summed E-state index contributed by atoms with van der Waals surface area (Å²) >= 11 is 0. The van der Waals surface area contributed by atoms with E-state index in [2.05, 4.69) is 45.5 Å². The standard InChI is InChI=1S/C19H24N4O.C2HF3O2/c1-2-4-15(5-3-1)13-20-17-6-7-18-16(12-17)14-21-19(22-18)23-8-10-24-11-9-23;3-2(4,5)1(6)7/h1-5,14,17,20H,6-13H2;(H,6,7). The lowest BCUT2D eigenvalue weighted by Gasteiger charge is -2.29. The number of carboxylic acid groups (broad SMARTS) is 1. The van der Waals surface area contributed by atoms with Gasteiger partial charge in [-0.3, -0.25) is 0 Å². The number of ether oxygens (including phenoxy) is 1. The molecular weight excluding hydrogens is 413 g/mol. The third-order valence-corrected chi connectivity index (χ3v) is 5.11. The average Bonchev–Trinajstić information content (AvgIpc) is 2.78. The Hall–Kier alpha value is -2.72. The van der Waals surface area contributed by atoms with Crippen LogP contribution in [-0.2, 0) is 28.9 Å². The largest absolute Gasteiger partial charge is 0.490 e. The monoisotopic (exact) mass is 438 g/mol. The number of aryl methyl sites for hydroxylation is 1. The molecule has 1 aromatic heterocycles. The summed E-state index contributed by atoms with van der Waals surface area (Å²) in [4.78, 5) is 20.5. The summed E-state index contributed by atoms with van der Waals surface area (Å²) in [5.74, 6) is -1.89. The number of nitrogens with one attached hydrogen (secondary N) is 1. The van der Waals surface area contributed by atoms with Crippen molar-refractivity contribution in [2.24, 2.45) is 0 Å². The molecule has 1 aliphatic heterocycles. The smallest absolute Gasteiger partial charge is 0.475 e. The lowest BCUT2D eigenvalue weighted by atomic mass is 9.92. The summed E-state index contributed by atoms with van der Waals surface area (Å²) in [5.41, 5.74) is 3.86. The van der Waals surface area contributed by atoms with Crippen LogP contribution in [0.1, 0.15) is 23.2 Å². The molecule has 2 N–H and O–H groups in total. The van der Waals surface area contributed by atoms with Crippen LogP contribution in [0.4, 0.5) is 19.1 Å². The number of hydrogen-bond donors (Lipinski definition) is 2. The molecule has 0 amide bonds. The Morgan fingerprint density at radius 1 is 1.23 bits per heavy atom. The van der Waals surface area contributed by atoms with Gasteiger partial charge >= 0.3 is 12.1 Å². The van der Waals surface area contributed by atoms with E-state index in [1.54, 1.807) is 0 Å². The minimum absolute atomic E-state index is 0.510. The fourth-order valence-corrected chi connectivity index (χ4v) is 3.44. The second-order valence-corrected chi connectivity index (χ2v) is 7.35. The summed E-state index contributed by atoms with van der Waals surface area (Å²) in [6.45, 7) is 4.24. The maximum Gasteiger partial charge on any atom is 0.490 e. The minimum Gasteiger partial charge on any atom is -0.475 e. The number of anilines is 1. The average molecular weight is 438 g/mol. The molecular formula is C21H25F3N4O3. The predicted octanol–water partition coefficient (Wildman–Crippen LogP) is 2.59. The normalized spacial score (nSPS) is 18.5. The molecule has 2 aromatic rings. The Bertz CT molecular complexity index is 859. The maximum absolute atomic E-state index is 10.6. The van der Waals surface area contributed by atoms with E-state index >= 15 is 0 Å². The van der Waals surface area contributed by atoms with E-state index in [-0.39, 0.29) is 0 Å². The van der Waals surface area contributed by atoms with Crippen molar-refractivity contribution < 1.29 is 27.8 Å².